The van der Waals surface area contributed by atoms with Crippen molar-refractivity contribution in [2.24, 2.45) is 5.41 Å². The van der Waals surface area contributed by atoms with Crippen molar-refractivity contribution in [1.82, 2.24) is 5.32 Å². The molecule has 0 saturated heterocycles. The van der Waals surface area contributed by atoms with Gasteiger partial charge < -0.3 is 10.1 Å². The van der Waals surface area contributed by atoms with Crippen LogP contribution in [0.25, 0.3) is 11.8 Å². The molecule has 5 rings (SSSR count). The van der Waals surface area contributed by atoms with Crippen molar-refractivity contribution in [3.8, 4) is 5.75 Å². The Bertz CT molecular complexity index is 1350. The summed E-state index contributed by atoms with van der Waals surface area (Å²) < 4.78 is 5.37. The zero-order chi connectivity index (χ0) is 24.6. The van der Waals surface area contributed by atoms with Gasteiger partial charge in [-0.1, -0.05) is 80.0 Å². The molecule has 0 bridgehead atoms. The molecule has 3 nitrogen and oxygen atoms in total. The second-order valence-corrected chi connectivity index (χ2v) is 10.2. The summed E-state index contributed by atoms with van der Waals surface area (Å²) in [5, 5.41) is 4.30. The number of carbonyl (C=O) groups is 1. The third-order valence-electron chi connectivity index (χ3n) is 6.83. The van der Waals surface area contributed by atoms with Crippen LogP contribution in [-0.2, 0) is 4.79 Å². The lowest BCUT2D eigenvalue weighted by atomic mass is 9.67. The van der Waals surface area contributed by atoms with E-state index in [1.54, 1.807) is 7.11 Å². The fraction of sp³-hybridized carbons (Fsp3) is 0.194. The van der Waals surface area contributed by atoms with Crippen LogP contribution in [-0.4, -0.2) is 12.9 Å². The van der Waals surface area contributed by atoms with Gasteiger partial charge in [0.2, 0.25) is 0 Å². The first kappa shape index (κ1) is 23.2. The van der Waals surface area contributed by atoms with Gasteiger partial charge in [-0.15, -0.1) is 0 Å². The highest BCUT2D eigenvalue weighted by molar-refractivity contribution is 6.30. The van der Waals surface area contributed by atoms with Gasteiger partial charge in [-0.25, -0.2) is 0 Å². The standard InChI is InChI=1S/C31H28ClNO2/c1-31(2)19-28-29(30(34)26(31)17-20-9-13-23(32)14-10-20)25(21-11-15-24(35-3)16-12-21)18-27(33-28)22-7-5-4-6-8-22/h4-18,25,33H,19H2,1-3H3/b26-17+. The molecule has 0 fully saturated rings. The van der Waals surface area contributed by atoms with Gasteiger partial charge in [0.05, 0.1) is 7.11 Å². The van der Waals surface area contributed by atoms with E-state index in [9.17, 15) is 4.79 Å². The third-order valence-corrected chi connectivity index (χ3v) is 7.08. The smallest absolute Gasteiger partial charge is 0.188 e. The molecule has 35 heavy (non-hydrogen) atoms. The van der Waals surface area contributed by atoms with Crippen molar-refractivity contribution in [3.05, 3.63) is 123 Å². The van der Waals surface area contributed by atoms with Crippen LogP contribution >= 0.6 is 11.6 Å². The van der Waals surface area contributed by atoms with Gasteiger partial charge in [-0.3, -0.25) is 4.79 Å². The number of halogens is 1. The third kappa shape index (κ3) is 4.56. The van der Waals surface area contributed by atoms with Crippen molar-refractivity contribution in [3.63, 3.8) is 0 Å². The van der Waals surface area contributed by atoms with Crippen molar-refractivity contribution < 1.29 is 9.53 Å². The minimum atomic E-state index is -0.327. The molecule has 3 aromatic rings. The maximum absolute atomic E-state index is 14.2. The Morgan fingerprint density at radius 3 is 2.31 bits per heavy atom. The minimum absolute atomic E-state index is 0.0860. The van der Waals surface area contributed by atoms with Gasteiger partial charge in [-0.2, -0.15) is 0 Å². The molecule has 1 aliphatic carbocycles. The second-order valence-electron chi connectivity index (χ2n) is 9.71. The van der Waals surface area contributed by atoms with E-state index in [-0.39, 0.29) is 17.1 Å². The van der Waals surface area contributed by atoms with Crippen molar-refractivity contribution in [2.45, 2.75) is 26.2 Å². The SMILES string of the molecule is COc1ccc(C2C=C(c3ccccc3)NC3=C2C(=O)/C(=C\c2ccc(Cl)cc2)C(C)(C)C3)cc1. The van der Waals surface area contributed by atoms with Gasteiger partial charge >= 0.3 is 0 Å². The molecule has 1 atom stereocenters. The van der Waals surface area contributed by atoms with E-state index in [0.29, 0.717) is 5.02 Å². The lowest BCUT2D eigenvalue weighted by molar-refractivity contribution is -0.113. The van der Waals surface area contributed by atoms with Crippen LogP contribution in [0, 0.1) is 5.41 Å². The lowest BCUT2D eigenvalue weighted by Gasteiger charge is -2.40. The van der Waals surface area contributed by atoms with Crippen molar-refractivity contribution in [1.29, 1.82) is 0 Å². The highest BCUT2D eigenvalue weighted by Crippen LogP contribution is 2.48. The monoisotopic (exact) mass is 481 g/mol. The van der Waals surface area contributed by atoms with E-state index < -0.39 is 0 Å². The first-order valence-electron chi connectivity index (χ1n) is 11.8. The fourth-order valence-electron chi connectivity index (χ4n) is 4.96. The van der Waals surface area contributed by atoms with Crippen LogP contribution < -0.4 is 10.1 Å². The summed E-state index contributed by atoms with van der Waals surface area (Å²) in [6.45, 7) is 4.28. The first-order valence-corrected chi connectivity index (χ1v) is 12.2. The van der Waals surface area contributed by atoms with Crippen LogP contribution in [0.5, 0.6) is 5.75 Å². The number of benzene rings is 3. The Balaban J connectivity index is 1.63. The molecule has 1 heterocycles. The quantitative estimate of drug-likeness (QED) is 0.394. The maximum Gasteiger partial charge on any atom is 0.188 e. The van der Waals surface area contributed by atoms with E-state index >= 15 is 0 Å². The molecule has 4 heteroatoms. The van der Waals surface area contributed by atoms with Gasteiger partial charge in [0.25, 0.3) is 0 Å². The number of allylic oxidation sites excluding steroid dienone is 4. The van der Waals surface area contributed by atoms with E-state index in [4.69, 9.17) is 16.3 Å². The molecule has 2 aliphatic rings. The summed E-state index contributed by atoms with van der Waals surface area (Å²) in [5.74, 6) is 0.719. The topological polar surface area (TPSA) is 38.3 Å². The van der Waals surface area contributed by atoms with Crippen molar-refractivity contribution >= 4 is 29.2 Å². The van der Waals surface area contributed by atoms with E-state index in [1.165, 1.54) is 0 Å². The Hall–Kier alpha value is -3.56. The molecule has 0 saturated carbocycles. The molecule has 0 radical (unpaired) electrons. The maximum atomic E-state index is 14.2. The first-order chi connectivity index (χ1) is 16.9. The molecule has 3 aromatic carbocycles. The summed E-state index contributed by atoms with van der Waals surface area (Å²) in [6, 6.07) is 25.9. The summed E-state index contributed by atoms with van der Waals surface area (Å²) in [7, 11) is 1.66. The largest absolute Gasteiger partial charge is 0.497 e. The Labute approximate surface area is 211 Å². The number of nitrogens with one attached hydrogen (secondary N) is 1. The normalized spacial score (nSPS) is 20.2. The number of methoxy groups -OCH3 is 1. The fourth-order valence-corrected chi connectivity index (χ4v) is 5.09. The second kappa shape index (κ2) is 9.24. The van der Waals surface area contributed by atoms with Crippen LogP contribution in [0.3, 0.4) is 0 Å². The Morgan fingerprint density at radius 2 is 1.66 bits per heavy atom. The predicted octanol–water partition coefficient (Wildman–Crippen LogP) is 7.41. The number of carbonyl (C=O) groups excluding carboxylic acids is 1. The van der Waals surface area contributed by atoms with Gasteiger partial charge in [0.1, 0.15) is 5.75 Å². The lowest BCUT2D eigenvalue weighted by Crippen LogP contribution is -2.37. The minimum Gasteiger partial charge on any atom is -0.497 e. The number of Topliss-reactive ketones (excluding diaryl/α,β-unsaturated/α-hetero) is 1. The van der Waals surface area contributed by atoms with E-state index in [0.717, 1.165) is 51.4 Å². The zero-order valence-corrected chi connectivity index (χ0v) is 20.9. The highest BCUT2D eigenvalue weighted by atomic mass is 35.5. The molecule has 0 aromatic heterocycles. The number of ketones is 1. The number of hydrogen-bond acceptors (Lipinski definition) is 3. The van der Waals surface area contributed by atoms with E-state index in [2.05, 4.69) is 37.4 Å². The molecular formula is C31H28ClNO2. The Kier molecular flexibility index (Phi) is 6.12. The summed E-state index contributed by atoms with van der Waals surface area (Å²) in [6.07, 6.45) is 4.93. The van der Waals surface area contributed by atoms with Gasteiger partial charge in [0, 0.05) is 33.5 Å². The average molecular weight is 482 g/mol. The zero-order valence-electron chi connectivity index (χ0n) is 20.1. The van der Waals surface area contributed by atoms with Gasteiger partial charge in [-0.05, 0) is 64.9 Å². The van der Waals surface area contributed by atoms with Crippen molar-refractivity contribution in [2.75, 3.05) is 7.11 Å². The number of dihydropyridines is 1. The number of hydrogen-bond donors (Lipinski definition) is 1. The number of rotatable bonds is 4. The van der Waals surface area contributed by atoms with Crippen LogP contribution in [0.1, 0.15) is 42.9 Å². The highest BCUT2D eigenvalue weighted by Gasteiger charge is 2.42. The van der Waals surface area contributed by atoms with E-state index in [1.807, 2.05) is 72.8 Å². The van der Waals surface area contributed by atoms with Crippen LogP contribution in [0.4, 0.5) is 0 Å². The molecule has 176 valence electrons. The average Bonchev–Trinajstić information content (AvgIpc) is 2.87. The number of ether oxygens (including phenoxy) is 1. The molecule has 1 aliphatic heterocycles. The molecule has 1 N–H and O–H groups in total. The Morgan fingerprint density at radius 1 is 0.971 bits per heavy atom. The molecular weight excluding hydrogens is 454 g/mol. The van der Waals surface area contributed by atoms with Crippen LogP contribution in [0.2, 0.25) is 5.02 Å². The van der Waals surface area contributed by atoms with Gasteiger partial charge in [0.15, 0.2) is 5.78 Å². The predicted molar refractivity (Wildman–Crippen MR) is 143 cm³/mol. The molecule has 0 spiro atoms. The van der Waals surface area contributed by atoms with Crippen LogP contribution in [0.15, 0.2) is 102 Å². The molecule has 0 amide bonds. The summed E-state index contributed by atoms with van der Waals surface area (Å²) in [4.78, 5) is 14.2. The summed E-state index contributed by atoms with van der Waals surface area (Å²) >= 11 is 6.08. The molecule has 1 unspecified atom stereocenters. The summed E-state index contributed by atoms with van der Waals surface area (Å²) in [5.41, 5.74) is 6.46.